The van der Waals surface area contributed by atoms with Crippen molar-refractivity contribution in [2.24, 2.45) is 0 Å². The maximum absolute atomic E-state index is 14.7. The Morgan fingerprint density at radius 3 is 2.11 bits per heavy atom. The lowest BCUT2D eigenvalue weighted by Crippen LogP contribution is -2.54. The van der Waals surface area contributed by atoms with Gasteiger partial charge >= 0.3 is 0 Å². The minimum absolute atomic E-state index is 0.00199. The van der Waals surface area contributed by atoms with E-state index in [0.29, 0.717) is 22.0 Å². The number of carbonyl (C=O) groups excluding carboxylic acids is 2. The summed E-state index contributed by atoms with van der Waals surface area (Å²) in [5.41, 5.74) is 2.29. The third-order valence-corrected chi connectivity index (χ3v) is 10.4. The average Bonchev–Trinajstić information content (AvgIpc) is 3.06. The zero-order chi connectivity index (χ0) is 34.1. The maximum atomic E-state index is 14.7. The van der Waals surface area contributed by atoms with Gasteiger partial charge in [0.1, 0.15) is 18.3 Å². The van der Waals surface area contributed by atoms with Crippen LogP contribution in [0, 0.1) is 6.92 Å². The molecule has 0 spiro atoms. The highest BCUT2D eigenvalue weighted by atomic mass is 35.5. The Kier molecular flexibility index (Phi) is 12.3. The molecule has 248 valence electrons. The van der Waals surface area contributed by atoms with Gasteiger partial charge in [-0.3, -0.25) is 13.9 Å². The molecule has 0 fully saturated rings. The Balaban J connectivity index is 1.87. The molecule has 11 heteroatoms. The van der Waals surface area contributed by atoms with E-state index in [1.807, 2.05) is 51.1 Å². The molecule has 0 aromatic heterocycles. The van der Waals surface area contributed by atoms with Gasteiger partial charge in [-0.1, -0.05) is 96.4 Å². The van der Waals surface area contributed by atoms with Gasteiger partial charge in [-0.15, -0.1) is 0 Å². The van der Waals surface area contributed by atoms with Crippen LogP contribution in [0.5, 0.6) is 5.75 Å². The highest BCUT2D eigenvalue weighted by molar-refractivity contribution is 7.92. The van der Waals surface area contributed by atoms with E-state index in [4.69, 9.17) is 27.9 Å². The highest BCUT2D eigenvalue weighted by Gasteiger charge is 2.36. The molecule has 0 aliphatic carbocycles. The van der Waals surface area contributed by atoms with Gasteiger partial charge in [-0.25, -0.2) is 8.42 Å². The van der Waals surface area contributed by atoms with E-state index in [9.17, 15) is 18.0 Å². The first-order valence-electron chi connectivity index (χ1n) is 15.2. The van der Waals surface area contributed by atoms with Crippen molar-refractivity contribution in [2.45, 2.75) is 57.1 Å². The summed E-state index contributed by atoms with van der Waals surface area (Å²) in [6.07, 6.45) is 0.834. The van der Waals surface area contributed by atoms with Crippen LogP contribution in [-0.2, 0) is 32.6 Å². The fraction of sp³-hybridized carbons (Fsp3) is 0.278. The second-order valence-corrected chi connectivity index (χ2v) is 13.9. The number of para-hydroxylation sites is 2. The molecule has 1 N–H and O–H groups in total. The van der Waals surface area contributed by atoms with Crippen LogP contribution in [0.3, 0.4) is 0 Å². The van der Waals surface area contributed by atoms with Crippen molar-refractivity contribution < 1.29 is 22.7 Å². The number of ether oxygens (including phenoxy) is 1. The third kappa shape index (κ3) is 8.86. The fourth-order valence-corrected chi connectivity index (χ4v) is 6.98. The summed E-state index contributed by atoms with van der Waals surface area (Å²) in [5.74, 6) is -0.764. The molecule has 0 bridgehead atoms. The highest BCUT2D eigenvalue weighted by Crippen LogP contribution is 2.33. The number of carbonyl (C=O) groups is 2. The molecular weight excluding hydrogens is 657 g/mol. The number of aryl methyl sites for hydroxylation is 1. The third-order valence-electron chi connectivity index (χ3n) is 7.90. The molecule has 0 saturated carbocycles. The summed E-state index contributed by atoms with van der Waals surface area (Å²) in [4.78, 5) is 30.1. The first-order chi connectivity index (χ1) is 22.5. The normalized spacial score (nSPS) is 12.6. The first kappa shape index (κ1) is 35.8. The van der Waals surface area contributed by atoms with Crippen molar-refractivity contribution in [3.63, 3.8) is 0 Å². The van der Waals surface area contributed by atoms with E-state index in [-0.39, 0.29) is 41.2 Å². The predicted molar refractivity (Wildman–Crippen MR) is 188 cm³/mol. The van der Waals surface area contributed by atoms with Crippen molar-refractivity contribution in [1.29, 1.82) is 0 Å². The lowest BCUT2D eigenvalue weighted by atomic mass is 10.0. The molecule has 0 radical (unpaired) electrons. The Hall–Kier alpha value is -4.05. The van der Waals surface area contributed by atoms with Gasteiger partial charge < -0.3 is 15.0 Å². The van der Waals surface area contributed by atoms with Crippen LogP contribution in [0.1, 0.15) is 37.0 Å². The molecule has 0 saturated heterocycles. The average molecular weight is 697 g/mol. The Morgan fingerprint density at radius 1 is 0.872 bits per heavy atom. The van der Waals surface area contributed by atoms with Crippen molar-refractivity contribution in [2.75, 3.05) is 18.0 Å². The predicted octanol–water partition coefficient (Wildman–Crippen LogP) is 7.06. The largest absolute Gasteiger partial charge is 0.495 e. The van der Waals surface area contributed by atoms with Crippen LogP contribution in [0.15, 0.2) is 102 Å². The summed E-state index contributed by atoms with van der Waals surface area (Å²) in [6.45, 7) is 4.90. The lowest BCUT2D eigenvalue weighted by molar-refractivity contribution is -0.140. The zero-order valence-corrected chi connectivity index (χ0v) is 29.1. The standard InChI is InChI=1S/C36H39Cl2N3O5S/c1-5-26(3)39-36(43)33(22-27-12-7-6-8-13-27)40(23-29-30(37)14-11-15-31(29)38)35(42)24-41(32-16-9-10-17-34(32)46-4)47(44,45)28-20-18-25(2)19-21-28/h6-21,26,33H,5,22-24H2,1-4H3,(H,39,43)/t26-,33-/m0/s1. The number of nitrogens with one attached hydrogen (secondary N) is 1. The van der Waals surface area contributed by atoms with E-state index in [2.05, 4.69) is 5.32 Å². The quantitative estimate of drug-likeness (QED) is 0.152. The summed E-state index contributed by atoms with van der Waals surface area (Å²) in [6, 6.07) is 26.1. The fourth-order valence-electron chi connectivity index (χ4n) is 5.04. The number of methoxy groups -OCH3 is 1. The molecule has 8 nitrogen and oxygen atoms in total. The Bertz CT molecular complexity index is 1770. The SMILES string of the molecule is CC[C@H](C)NC(=O)[C@H](Cc1ccccc1)N(Cc1c(Cl)cccc1Cl)C(=O)CN(c1ccccc1OC)S(=O)(=O)c1ccc(C)cc1. The number of hydrogen-bond donors (Lipinski definition) is 1. The van der Waals surface area contributed by atoms with Crippen LogP contribution in [-0.4, -0.2) is 50.9 Å². The number of halogens is 2. The van der Waals surface area contributed by atoms with E-state index in [1.54, 1.807) is 54.6 Å². The minimum Gasteiger partial charge on any atom is -0.495 e. The molecule has 0 aliphatic heterocycles. The maximum Gasteiger partial charge on any atom is 0.264 e. The van der Waals surface area contributed by atoms with Gasteiger partial charge in [0.2, 0.25) is 11.8 Å². The van der Waals surface area contributed by atoms with Gasteiger partial charge in [-0.05, 0) is 62.2 Å². The zero-order valence-electron chi connectivity index (χ0n) is 26.8. The van der Waals surface area contributed by atoms with Gasteiger partial charge in [0.05, 0.1) is 17.7 Å². The van der Waals surface area contributed by atoms with E-state index in [1.165, 1.54) is 24.1 Å². The monoisotopic (exact) mass is 695 g/mol. The first-order valence-corrected chi connectivity index (χ1v) is 17.4. The summed E-state index contributed by atoms with van der Waals surface area (Å²) in [5, 5.41) is 3.63. The lowest BCUT2D eigenvalue weighted by Gasteiger charge is -2.35. The minimum atomic E-state index is -4.30. The van der Waals surface area contributed by atoms with E-state index >= 15 is 0 Å². The van der Waals surface area contributed by atoms with E-state index < -0.39 is 28.5 Å². The molecule has 4 rings (SSSR count). The van der Waals surface area contributed by atoms with Crippen LogP contribution in [0.2, 0.25) is 10.0 Å². The van der Waals surface area contributed by atoms with Crippen molar-refractivity contribution in [1.82, 2.24) is 10.2 Å². The van der Waals surface area contributed by atoms with Gasteiger partial charge in [0, 0.05) is 34.6 Å². The van der Waals surface area contributed by atoms with Gasteiger partial charge in [0.25, 0.3) is 10.0 Å². The van der Waals surface area contributed by atoms with E-state index in [0.717, 1.165) is 15.4 Å². The summed E-state index contributed by atoms with van der Waals surface area (Å²) < 4.78 is 35.1. The Labute approximate surface area is 287 Å². The van der Waals surface area contributed by atoms with Crippen LogP contribution >= 0.6 is 23.2 Å². The summed E-state index contributed by atoms with van der Waals surface area (Å²) in [7, 11) is -2.87. The number of anilines is 1. The molecule has 2 atom stereocenters. The van der Waals surface area contributed by atoms with Gasteiger partial charge in [-0.2, -0.15) is 0 Å². The molecule has 4 aromatic carbocycles. The molecule has 0 heterocycles. The number of benzene rings is 4. The number of amides is 2. The molecular formula is C36H39Cl2N3O5S. The van der Waals surface area contributed by atoms with Crippen molar-refractivity contribution in [3.05, 3.63) is 124 Å². The second kappa shape index (κ2) is 16.2. The van der Waals surface area contributed by atoms with Crippen molar-refractivity contribution in [3.8, 4) is 5.75 Å². The molecule has 47 heavy (non-hydrogen) atoms. The summed E-state index contributed by atoms with van der Waals surface area (Å²) >= 11 is 13.2. The molecule has 4 aromatic rings. The molecule has 2 amide bonds. The van der Waals surface area contributed by atoms with Crippen LogP contribution < -0.4 is 14.4 Å². The second-order valence-electron chi connectivity index (χ2n) is 11.2. The number of nitrogens with zero attached hydrogens (tertiary/aromatic N) is 2. The van der Waals surface area contributed by atoms with Gasteiger partial charge in [0.15, 0.2) is 0 Å². The Morgan fingerprint density at radius 2 is 1.49 bits per heavy atom. The van der Waals surface area contributed by atoms with Crippen LogP contribution in [0.25, 0.3) is 0 Å². The smallest absolute Gasteiger partial charge is 0.264 e. The number of hydrogen-bond acceptors (Lipinski definition) is 5. The topological polar surface area (TPSA) is 96.0 Å². The number of sulfonamides is 1. The van der Waals surface area contributed by atoms with Crippen LogP contribution in [0.4, 0.5) is 5.69 Å². The number of rotatable bonds is 14. The molecule has 0 unspecified atom stereocenters. The molecule has 0 aliphatic rings. The van der Waals surface area contributed by atoms with Crippen molar-refractivity contribution >= 4 is 50.7 Å².